The topological polar surface area (TPSA) is 65.4 Å². The van der Waals surface area contributed by atoms with Gasteiger partial charge in [0.2, 0.25) is 5.88 Å². The largest absolute Gasteiger partial charge is 0.493 e. The number of aromatic hydroxyl groups is 1. The third kappa shape index (κ3) is 1.21. The number of fused-ring (bicyclic) bond motifs is 1. The van der Waals surface area contributed by atoms with Crippen LogP contribution in [-0.2, 0) is 0 Å². The SMILES string of the molecule is Cc1cc2c(N=O)c(O)[nH]c2cc1Br. The number of aromatic amines is 1. The highest BCUT2D eigenvalue weighted by Crippen LogP contribution is 2.37. The molecule has 1 heterocycles. The zero-order valence-electron chi connectivity index (χ0n) is 7.34. The number of hydrogen-bond donors (Lipinski definition) is 2. The average molecular weight is 255 g/mol. The second kappa shape index (κ2) is 3.09. The number of aryl methyl sites for hydroxylation is 1. The van der Waals surface area contributed by atoms with Gasteiger partial charge in [-0.15, -0.1) is 4.91 Å². The van der Waals surface area contributed by atoms with Gasteiger partial charge in [-0.05, 0) is 29.8 Å². The molecule has 4 nitrogen and oxygen atoms in total. The minimum absolute atomic E-state index is 0.0654. The summed E-state index contributed by atoms with van der Waals surface area (Å²) in [5.74, 6) is -0.187. The van der Waals surface area contributed by atoms with Crippen molar-refractivity contribution in [3.05, 3.63) is 27.1 Å². The number of benzene rings is 1. The van der Waals surface area contributed by atoms with Gasteiger partial charge in [0.1, 0.15) is 0 Å². The first-order chi connectivity index (χ1) is 6.63. The van der Waals surface area contributed by atoms with Gasteiger partial charge in [-0.1, -0.05) is 15.9 Å². The quantitative estimate of drug-likeness (QED) is 0.767. The predicted octanol–water partition coefficient (Wildman–Crippen LogP) is 3.34. The summed E-state index contributed by atoms with van der Waals surface area (Å²) in [6.07, 6.45) is 0. The molecule has 2 N–H and O–H groups in total. The van der Waals surface area contributed by atoms with Gasteiger partial charge in [-0.3, -0.25) is 0 Å². The van der Waals surface area contributed by atoms with E-state index >= 15 is 0 Å². The highest BCUT2D eigenvalue weighted by atomic mass is 79.9. The molecule has 0 spiro atoms. The van der Waals surface area contributed by atoms with Gasteiger partial charge in [-0.2, -0.15) is 0 Å². The lowest BCUT2D eigenvalue weighted by molar-refractivity contribution is 0.460. The molecule has 0 radical (unpaired) electrons. The summed E-state index contributed by atoms with van der Waals surface area (Å²) >= 11 is 3.36. The van der Waals surface area contributed by atoms with Crippen LogP contribution in [0.3, 0.4) is 0 Å². The Morgan fingerprint density at radius 2 is 2.21 bits per heavy atom. The van der Waals surface area contributed by atoms with E-state index in [-0.39, 0.29) is 11.6 Å². The molecule has 0 aliphatic rings. The van der Waals surface area contributed by atoms with Crippen LogP contribution in [0.25, 0.3) is 10.9 Å². The minimum atomic E-state index is -0.187. The Morgan fingerprint density at radius 3 is 2.86 bits per heavy atom. The summed E-state index contributed by atoms with van der Waals surface area (Å²) in [4.78, 5) is 13.1. The molecular formula is C9H7BrN2O2. The van der Waals surface area contributed by atoms with Crippen molar-refractivity contribution in [1.29, 1.82) is 0 Å². The Hall–Kier alpha value is -1.36. The fourth-order valence-corrected chi connectivity index (χ4v) is 1.73. The lowest BCUT2D eigenvalue weighted by Crippen LogP contribution is -1.75. The average Bonchev–Trinajstić information content (AvgIpc) is 2.42. The highest BCUT2D eigenvalue weighted by molar-refractivity contribution is 9.10. The van der Waals surface area contributed by atoms with Crippen LogP contribution in [0.4, 0.5) is 5.69 Å². The van der Waals surface area contributed by atoms with E-state index in [4.69, 9.17) is 0 Å². The lowest BCUT2D eigenvalue weighted by atomic mass is 10.1. The van der Waals surface area contributed by atoms with Gasteiger partial charge < -0.3 is 10.1 Å². The molecule has 0 atom stereocenters. The molecule has 1 aromatic heterocycles. The summed E-state index contributed by atoms with van der Waals surface area (Å²) in [6, 6.07) is 3.60. The molecule has 0 amide bonds. The Balaban J connectivity index is 2.89. The molecule has 2 rings (SSSR count). The van der Waals surface area contributed by atoms with Gasteiger partial charge in [0.25, 0.3) is 0 Å². The lowest BCUT2D eigenvalue weighted by Gasteiger charge is -1.97. The summed E-state index contributed by atoms with van der Waals surface area (Å²) in [5.41, 5.74) is 1.74. The van der Waals surface area contributed by atoms with Crippen LogP contribution in [0.1, 0.15) is 5.56 Å². The summed E-state index contributed by atoms with van der Waals surface area (Å²) in [6.45, 7) is 1.90. The molecule has 0 unspecified atom stereocenters. The maximum absolute atomic E-state index is 10.5. The molecule has 0 saturated carbocycles. The molecule has 0 aliphatic heterocycles. The second-order valence-electron chi connectivity index (χ2n) is 3.06. The van der Waals surface area contributed by atoms with Crippen molar-refractivity contribution in [1.82, 2.24) is 4.98 Å². The zero-order valence-corrected chi connectivity index (χ0v) is 8.92. The van der Waals surface area contributed by atoms with E-state index in [1.54, 1.807) is 12.1 Å². The molecule has 0 saturated heterocycles. The number of aromatic nitrogens is 1. The summed E-state index contributed by atoms with van der Waals surface area (Å²) < 4.78 is 0.920. The Kier molecular flexibility index (Phi) is 2.03. The monoisotopic (exact) mass is 254 g/mol. The van der Waals surface area contributed by atoms with Gasteiger partial charge >= 0.3 is 0 Å². The molecule has 0 aliphatic carbocycles. The van der Waals surface area contributed by atoms with Crippen molar-refractivity contribution in [2.24, 2.45) is 5.18 Å². The van der Waals surface area contributed by atoms with Gasteiger partial charge in [0, 0.05) is 9.86 Å². The molecule has 72 valence electrons. The van der Waals surface area contributed by atoms with E-state index in [0.717, 1.165) is 10.0 Å². The van der Waals surface area contributed by atoms with Crippen molar-refractivity contribution < 1.29 is 5.11 Å². The van der Waals surface area contributed by atoms with Crippen LogP contribution in [0.15, 0.2) is 21.8 Å². The van der Waals surface area contributed by atoms with Gasteiger partial charge in [-0.25, -0.2) is 0 Å². The Bertz CT molecular complexity index is 519. The number of rotatable bonds is 1. The first-order valence-corrected chi connectivity index (χ1v) is 4.77. The molecule has 0 bridgehead atoms. The van der Waals surface area contributed by atoms with Crippen LogP contribution >= 0.6 is 15.9 Å². The van der Waals surface area contributed by atoms with Crippen molar-refractivity contribution in [3.63, 3.8) is 0 Å². The fraction of sp³-hybridized carbons (Fsp3) is 0.111. The summed E-state index contributed by atoms with van der Waals surface area (Å²) in [7, 11) is 0. The third-order valence-electron chi connectivity index (χ3n) is 2.12. The minimum Gasteiger partial charge on any atom is -0.493 e. The number of nitroso groups, excluding NO2 is 1. The first-order valence-electron chi connectivity index (χ1n) is 3.97. The fourth-order valence-electron chi connectivity index (χ4n) is 1.39. The maximum atomic E-state index is 10.5. The molecular weight excluding hydrogens is 248 g/mol. The van der Waals surface area contributed by atoms with Crippen LogP contribution in [0.2, 0.25) is 0 Å². The molecule has 2 aromatic rings. The van der Waals surface area contributed by atoms with Crippen molar-refractivity contribution in [3.8, 4) is 5.88 Å². The van der Waals surface area contributed by atoms with Crippen LogP contribution in [0.5, 0.6) is 5.88 Å². The third-order valence-corrected chi connectivity index (χ3v) is 2.98. The van der Waals surface area contributed by atoms with Crippen LogP contribution in [-0.4, -0.2) is 10.1 Å². The van der Waals surface area contributed by atoms with E-state index in [0.29, 0.717) is 10.9 Å². The Morgan fingerprint density at radius 1 is 1.50 bits per heavy atom. The smallest absolute Gasteiger partial charge is 0.219 e. The Labute approximate surface area is 88.0 Å². The van der Waals surface area contributed by atoms with E-state index in [2.05, 4.69) is 26.1 Å². The number of nitrogens with one attached hydrogen (secondary N) is 1. The van der Waals surface area contributed by atoms with E-state index in [1.165, 1.54) is 0 Å². The van der Waals surface area contributed by atoms with Gasteiger partial charge in [0.05, 0.1) is 5.52 Å². The predicted molar refractivity (Wildman–Crippen MR) is 57.9 cm³/mol. The van der Waals surface area contributed by atoms with E-state index in [1.807, 2.05) is 6.92 Å². The first kappa shape index (κ1) is 9.21. The van der Waals surface area contributed by atoms with E-state index < -0.39 is 0 Å². The maximum Gasteiger partial charge on any atom is 0.219 e. The normalized spacial score (nSPS) is 10.7. The number of H-pyrrole nitrogens is 1. The molecule has 14 heavy (non-hydrogen) atoms. The molecule has 0 fully saturated rings. The number of hydrogen-bond acceptors (Lipinski definition) is 3. The van der Waals surface area contributed by atoms with Crippen molar-refractivity contribution in [2.45, 2.75) is 6.92 Å². The van der Waals surface area contributed by atoms with Crippen molar-refractivity contribution in [2.75, 3.05) is 0 Å². The number of nitrogens with zero attached hydrogens (tertiary/aromatic N) is 1. The van der Waals surface area contributed by atoms with Crippen LogP contribution in [0, 0.1) is 11.8 Å². The standard InChI is InChI=1S/C9H7BrN2O2/c1-4-2-5-7(3-6(4)10)11-9(13)8(5)12-14/h2-3,11,13H,1H3. The molecule has 5 heteroatoms. The van der Waals surface area contributed by atoms with E-state index in [9.17, 15) is 10.0 Å². The second-order valence-corrected chi connectivity index (χ2v) is 3.91. The van der Waals surface area contributed by atoms with Crippen LogP contribution < -0.4 is 0 Å². The number of halogens is 1. The zero-order chi connectivity index (χ0) is 10.3. The highest BCUT2D eigenvalue weighted by Gasteiger charge is 2.12. The van der Waals surface area contributed by atoms with Gasteiger partial charge in [0.15, 0.2) is 5.69 Å². The summed E-state index contributed by atoms with van der Waals surface area (Å²) in [5, 5.41) is 12.8. The van der Waals surface area contributed by atoms with Crippen molar-refractivity contribution >= 4 is 32.5 Å². The molecule has 1 aromatic carbocycles.